The van der Waals surface area contributed by atoms with E-state index in [0.29, 0.717) is 19.0 Å². The van der Waals surface area contributed by atoms with Crippen molar-refractivity contribution in [3.63, 3.8) is 0 Å². The Morgan fingerprint density at radius 3 is 2.75 bits per heavy atom. The molecule has 0 saturated carbocycles. The van der Waals surface area contributed by atoms with Gasteiger partial charge in [-0.25, -0.2) is 0 Å². The number of likely N-dealkylation sites (N-methyl/N-ethyl adjacent to an activating group) is 1. The van der Waals surface area contributed by atoms with E-state index in [1.165, 1.54) is 0 Å². The molecule has 0 aliphatic carbocycles. The van der Waals surface area contributed by atoms with Gasteiger partial charge >= 0.3 is 0 Å². The first kappa shape index (κ1) is 16.5. The number of amides is 1. The molecule has 1 aromatic carbocycles. The maximum atomic E-state index is 11.9. The molecule has 2 N–H and O–H groups in total. The third kappa shape index (κ3) is 4.85. The van der Waals surface area contributed by atoms with Gasteiger partial charge in [0.25, 0.3) is 5.91 Å². The Bertz CT molecular complexity index is 421. The van der Waals surface area contributed by atoms with Gasteiger partial charge in [-0.1, -0.05) is 32.0 Å². The molecule has 0 bridgehead atoms. The van der Waals surface area contributed by atoms with Gasteiger partial charge in [-0.05, 0) is 36.9 Å². The number of hydrogen-bond donors (Lipinski definition) is 1. The summed E-state index contributed by atoms with van der Waals surface area (Å²) in [5, 5.41) is 0. The van der Waals surface area contributed by atoms with Crippen LogP contribution in [0.5, 0.6) is 5.75 Å². The molecule has 20 heavy (non-hydrogen) atoms. The zero-order valence-electron chi connectivity index (χ0n) is 12.8. The molecule has 0 fully saturated rings. The lowest BCUT2D eigenvalue weighted by Crippen LogP contribution is -2.33. The largest absolute Gasteiger partial charge is 0.483 e. The van der Waals surface area contributed by atoms with Crippen LogP contribution in [0.1, 0.15) is 38.2 Å². The van der Waals surface area contributed by atoms with Crippen molar-refractivity contribution >= 4 is 5.91 Å². The van der Waals surface area contributed by atoms with E-state index >= 15 is 0 Å². The minimum absolute atomic E-state index is 0.0163. The van der Waals surface area contributed by atoms with Gasteiger partial charge in [-0.15, -0.1) is 0 Å². The van der Waals surface area contributed by atoms with Crippen molar-refractivity contribution in [2.45, 2.75) is 32.6 Å². The standard InChI is InChI=1S/C16H26N2O2/c1-4-13(2)14-8-5-6-9-15(14)20-12-16(19)18(3)11-7-10-17/h5-6,8-9,13H,4,7,10-12,17H2,1-3H3. The predicted octanol–water partition coefficient (Wildman–Crippen LogP) is 2.39. The molecular weight excluding hydrogens is 252 g/mol. The molecular formula is C16H26N2O2. The van der Waals surface area contributed by atoms with Crippen LogP contribution >= 0.6 is 0 Å². The fourth-order valence-electron chi connectivity index (χ4n) is 1.94. The quantitative estimate of drug-likeness (QED) is 0.794. The van der Waals surface area contributed by atoms with Crippen LogP contribution in [-0.4, -0.2) is 37.6 Å². The molecule has 0 aliphatic rings. The molecule has 4 nitrogen and oxygen atoms in total. The summed E-state index contributed by atoms with van der Waals surface area (Å²) >= 11 is 0. The second kappa shape index (κ2) is 8.59. The first-order chi connectivity index (χ1) is 9.60. The van der Waals surface area contributed by atoms with E-state index in [1.54, 1.807) is 11.9 Å². The van der Waals surface area contributed by atoms with Crippen molar-refractivity contribution in [1.82, 2.24) is 4.90 Å². The van der Waals surface area contributed by atoms with Crippen molar-refractivity contribution < 1.29 is 9.53 Å². The fourth-order valence-corrected chi connectivity index (χ4v) is 1.94. The maximum absolute atomic E-state index is 11.9. The van der Waals surface area contributed by atoms with Crippen LogP contribution in [0.4, 0.5) is 0 Å². The number of hydrogen-bond acceptors (Lipinski definition) is 3. The number of ether oxygens (including phenoxy) is 1. The van der Waals surface area contributed by atoms with Crippen LogP contribution in [-0.2, 0) is 4.79 Å². The van der Waals surface area contributed by atoms with E-state index in [0.717, 1.165) is 24.2 Å². The summed E-state index contributed by atoms with van der Waals surface area (Å²) in [5.41, 5.74) is 6.60. The van der Waals surface area contributed by atoms with E-state index in [2.05, 4.69) is 19.9 Å². The summed E-state index contributed by atoms with van der Waals surface area (Å²) in [4.78, 5) is 13.6. The first-order valence-corrected chi connectivity index (χ1v) is 7.25. The zero-order valence-corrected chi connectivity index (χ0v) is 12.8. The third-order valence-corrected chi connectivity index (χ3v) is 3.54. The van der Waals surface area contributed by atoms with Gasteiger partial charge < -0.3 is 15.4 Å². The summed E-state index contributed by atoms with van der Waals surface area (Å²) in [5.74, 6) is 1.22. The summed E-state index contributed by atoms with van der Waals surface area (Å²) < 4.78 is 5.70. The molecule has 0 spiro atoms. The molecule has 0 heterocycles. The summed E-state index contributed by atoms with van der Waals surface area (Å²) in [6, 6.07) is 7.92. The number of para-hydroxylation sites is 1. The van der Waals surface area contributed by atoms with Crippen LogP contribution in [0.25, 0.3) is 0 Å². The van der Waals surface area contributed by atoms with Crippen LogP contribution in [0.3, 0.4) is 0 Å². The summed E-state index contributed by atoms with van der Waals surface area (Å²) in [7, 11) is 1.78. The fraction of sp³-hybridized carbons (Fsp3) is 0.562. The lowest BCUT2D eigenvalue weighted by Gasteiger charge is -2.19. The lowest BCUT2D eigenvalue weighted by atomic mass is 9.98. The highest BCUT2D eigenvalue weighted by atomic mass is 16.5. The third-order valence-electron chi connectivity index (χ3n) is 3.54. The second-order valence-electron chi connectivity index (χ2n) is 5.09. The van der Waals surface area contributed by atoms with Crippen molar-refractivity contribution in [1.29, 1.82) is 0 Å². The van der Waals surface area contributed by atoms with Gasteiger partial charge in [0.1, 0.15) is 5.75 Å². The SMILES string of the molecule is CCC(C)c1ccccc1OCC(=O)N(C)CCCN. The monoisotopic (exact) mass is 278 g/mol. The van der Waals surface area contributed by atoms with E-state index in [-0.39, 0.29) is 12.5 Å². The number of benzene rings is 1. The normalized spacial score (nSPS) is 12.0. The molecule has 1 rings (SSSR count). The van der Waals surface area contributed by atoms with E-state index in [9.17, 15) is 4.79 Å². The smallest absolute Gasteiger partial charge is 0.260 e. The molecule has 1 aromatic rings. The second-order valence-corrected chi connectivity index (χ2v) is 5.09. The molecule has 1 unspecified atom stereocenters. The first-order valence-electron chi connectivity index (χ1n) is 7.25. The molecule has 1 amide bonds. The van der Waals surface area contributed by atoms with Gasteiger partial charge in [-0.2, -0.15) is 0 Å². The molecule has 4 heteroatoms. The van der Waals surface area contributed by atoms with Gasteiger partial charge in [0.2, 0.25) is 0 Å². The maximum Gasteiger partial charge on any atom is 0.260 e. The molecule has 0 saturated heterocycles. The lowest BCUT2D eigenvalue weighted by molar-refractivity contribution is -0.132. The van der Waals surface area contributed by atoms with Gasteiger partial charge in [0, 0.05) is 13.6 Å². The minimum atomic E-state index is -0.0163. The average molecular weight is 278 g/mol. The molecule has 0 aromatic heterocycles. The van der Waals surface area contributed by atoms with E-state index in [1.807, 2.05) is 18.2 Å². The van der Waals surface area contributed by atoms with Gasteiger partial charge in [0.15, 0.2) is 6.61 Å². The summed E-state index contributed by atoms with van der Waals surface area (Å²) in [6.45, 7) is 5.65. The van der Waals surface area contributed by atoms with Crippen molar-refractivity contribution in [2.24, 2.45) is 5.73 Å². The Morgan fingerprint density at radius 1 is 1.40 bits per heavy atom. The Hall–Kier alpha value is -1.55. The molecule has 0 radical (unpaired) electrons. The van der Waals surface area contributed by atoms with Crippen molar-refractivity contribution in [2.75, 3.05) is 26.7 Å². The number of rotatable bonds is 8. The topological polar surface area (TPSA) is 55.6 Å². The number of carbonyl (C=O) groups is 1. The Morgan fingerprint density at radius 2 is 2.10 bits per heavy atom. The number of nitrogens with two attached hydrogens (primary N) is 1. The summed E-state index contributed by atoms with van der Waals surface area (Å²) in [6.07, 6.45) is 1.86. The van der Waals surface area contributed by atoms with Crippen molar-refractivity contribution in [3.8, 4) is 5.75 Å². The average Bonchev–Trinajstić information content (AvgIpc) is 2.49. The van der Waals surface area contributed by atoms with Crippen molar-refractivity contribution in [3.05, 3.63) is 29.8 Å². The van der Waals surface area contributed by atoms with E-state index < -0.39 is 0 Å². The Kier molecular flexibility index (Phi) is 7.09. The van der Waals surface area contributed by atoms with Crippen LogP contribution in [0, 0.1) is 0 Å². The van der Waals surface area contributed by atoms with Gasteiger partial charge in [0.05, 0.1) is 0 Å². The highest BCUT2D eigenvalue weighted by Gasteiger charge is 2.13. The van der Waals surface area contributed by atoms with Crippen LogP contribution in [0.2, 0.25) is 0 Å². The highest BCUT2D eigenvalue weighted by Crippen LogP contribution is 2.28. The van der Waals surface area contributed by atoms with Gasteiger partial charge in [-0.3, -0.25) is 4.79 Å². The molecule has 1 atom stereocenters. The predicted molar refractivity (Wildman–Crippen MR) is 82.0 cm³/mol. The number of carbonyl (C=O) groups excluding carboxylic acids is 1. The Labute approximate surface area is 121 Å². The van der Waals surface area contributed by atoms with Crippen LogP contribution < -0.4 is 10.5 Å². The number of nitrogens with zero attached hydrogens (tertiary/aromatic N) is 1. The minimum Gasteiger partial charge on any atom is -0.483 e. The zero-order chi connectivity index (χ0) is 15.0. The Balaban J connectivity index is 2.59. The van der Waals surface area contributed by atoms with Crippen LogP contribution in [0.15, 0.2) is 24.3 Å². The molecule has 112 valence electrons. The van der Waals surface area contributed by atoms with E-state index in [4.69, 9.17) is 10.5 Å². The molecule has 0 aliphatic heterocycles. The highest BCUT2D eigenvalue weighted by molar-refractivity contribution is 5.77.